The number of nitrogens with zero attached hydrogens (tertiary/aromatic N) is 1. The summed E-state index contributed by atoms with van der Waals surface area (Å²) in [5.41, 5.74) is 13.9. The zero-order chi connectivity index (χ0) is 22.1. The van der Waals surface area contributed by atoms with E-state index in [0.29, 0.717) is 0 Å². The molecule has 0 aromatic heterocycles. The third kappa shape index (κ3) is 4.48. The molecule has 0 radical (unpaired) electrons. The molecule has 156 valence electrons. The molecule has 0 spiro atoms. The van der Waals surface area contributed by atoms with Crippen molar-refractivity contribution in [3.05, 3.63) is 95.1 Å². The van der Waals surface area contributed by atoms with Gasteiger partial charge in [0.2, 0.25) is 0 Å². The van der Waals surface area contributed by atoms with E-state index in [1.54, 1.807) is 0 Å². The van der Waals surface area contributed by atoms with E-state index in [2.05, 4.69) is 126 Å². The first kappa shape index (κ1) is 21.8. The highest BCUT2D eigenvalue weighted by molar-refractivity contribution is 6.01. The molecule has 0 saturated heterocycles. The van der Waals surface area contributed by atoms with Gasteiger partial charge in [-0.1, -0.05) is 95.6 Å². The van der Waals surface area contributed by atoms with E-state index in [9.17, 15) is 0 Å². The number of hydrogen-bond acceptors (Lipinski definition) is 0. The Bertz CT molecular complexity index is 999. The normalized spacial score (nSPS) is 12.0. The minimum absolute atomic E-state index is 0.0148. The van der Waals surface area contributed by atoms with Crippen LogP contribution in [0.25, 0.3) is 0 Å². The molecule has 0 unspecified atom stereocenters. The van der Waals surface area contributed by atoms with Crippen LogP contribution in [0, 0.1) is 6.92 Å². The first-order valence-electron chi connectivity index (χ1n) is 10.7. The largest absolute Gasteiger partial charge is 0.286 e. The lowest BCUT2D eigenvalue weighted by Crippen LogP contribution is -2.30. The van der Waals surface area contributed by atoms with Gasteiger partial charge in [-0.05, 0) is 42.0 Å². The lowest BCUT2D eigenvalue weighted by molar-refractivity contribution is 0.581. The van der Waals surface area contributed by atoms with Crippen LogP contribution in [0.1, 0.15) is 63.8 Å². The summed E-state index contributed by atoms with van der Waals surface area (Å²) in [6.07, 6.45) is 0. The van der Waals surface area contributed by atoms with Crippen LogP contribution in [-0.4, -0.2) is 5.84 Å². The highest BCUT2D eigenvalue weighted by atomic mass is 15.1. The molecule has 0 aliphatic heterocycles. The third-order valence-corrected chi connectivity index (χ3v) is 5.49. The monoisotopic (exact) mass is 399 g/mol. The average Bonchev–Trinajstić information content (AvgIpc) is 2.68. The van der Waals surface area contributed by atoms with Gasteiger partial charge in [0, 0.05) is 11.1 Å². The fraction of sp³-hybridized carbons (Fsp3) is 0.321. The number of hydrogen-bond donors (Lipinski definition) is 1. The topological polar surface area (TPSA) is 29.0 Å². The van der Waals surface area contributed by atoms with Crippen LogP contribution in [0.2, 0.25) is 0 Å². The molecule has 0 bridgehead atoms. The van der Waals surface area contributed by atoms with Crippen LogP contribution >= 0.6 is 0 Å². The molecule has 0 atom stereocenters. The molecule has 0 aliphatic carbocycles. The van der Waals surface area contributed by atoms with Crippen molar-refractivity contribution in [1.29, 1.82) is 0 Å². The smallest absolute Gasteiger partial charge is 0.285 e. The Balaban J connectivity index is 2.42. The standard InChI is InChI=1S/C28H34N2/c1-20-16-18-21(19-17-20)26(29)30(24-14-10-8-12-22(24)27(2,3)4)25-15-11-9-13-23(25)28(5,6)7/h8-19,29H,1-7H3/p+1. The zero-order valence-electron chi connectivity index (χ0n) is 19.5. The summed E-state index contributed by atoms with van der Waals surface area (Å²) < 4.78 is 2.24. The van der Waals surface area contributed by atoms with Crippen LogP contribution in [-0.2, 0) is 10.8 Å². The van der Waals surface area contributed by atoms with Crippen molar-refractivity contribution in [2.45, 2.75) is 59.3 Å². The molecule has 30 heavy (non-hydrogen) atoms. The fourth-order valence-corrected chi connectivity index (χ4v) is 3.85. The molecule has 2 nitrogen and oxygen atoms in total. The SMILES string of the molecule is Cc1ccc(C(N)=[N+](c2ccccc2C(C)(C)C)c2ccccc2C(C)(C)C)cc1. The van der Waals surface area contributed by atoms with E-state index in [0.717, 1.165) is 22.8 Å². The second-order valence-corrected chi connectivity index (χ2v) is 10.1. The van der Waals surface area contributed by atoms with Crippen molar-refractivity contribution in [1.82, 2.24) is 4.58 Å². The summed E-state index contributed by atoms with van der Waals surface area (Å²) in [4.78, 5) is 0. The zero-order valence-corrected chi connectivity index (χ0v) is 19.5. The Labute approximate surface area is 182 Å². The molecule has 0 aliphatic rings. The molecule has 0 amide bonds. The molecule has 0 fully saturated rings. The molecule has 3 aromatic carbocycles. The number of nitrogens with two attached hydrogens (primary N) is 1. The number of para-hydroxylation sites is 2. The van der Waals surface area contributed by atoms with Crippen molar-refractivity contribution in [2.24, 2.45) is 5.73 Å². The van der Waals surface area contributed by atoms with Gasteiger partial charge in [0.1, 0.15) is 11.4 Å². The second-order valence-electron chi connectivity index (χ2n) is 10.1. The minimum atomic E-state index is -0.0148. The van der Waals surface area contributed by atoms with Crippen molar-refractivity contribution < 1.29 is 0 Å². The maximum absolute atomic E-state index is 6.92. The summed E-state index contributed by atoms with van der Waals surface area (Å²) in [6, 6.07) is 25.7. The van der Waals surface area contributed by atoms with E-state index in [-0.39, 0.29) is 10.8 Å². The first-order chi connectivity index (χ1) is 14.0. The molecular weight excluding hydrogens is 364 g/mol. The maximum Gasteiger partial charge on any atom is 0.285 e. The molecule has 0 saturated carbocycles. The third-order valence-electron chi connectivity index (χ3n) is 5.49. The quantitative estimate of drug-likeness (QED) is 0.292. The van der Waals surface area contributed by atoms with Crippen LogP contribution in [0.5, 0.6) is 0 Å². The Morgan fingerprint density at radius 2 is 1.03 bits per heavy atom. The van der Waals surface area contributed by atoms with Gasteiger partial charge in [0.15, 0.2) is 0 Å². The summed E-state index contributed by atoms with van der Waals surface area (Å²) in [5, 5.41) is 0. The van der Waals surface area contributed by atoms with E-state index in [1.165, 1.54) is 16.7 Å². The Hall–Kier alpha value is -2.87. The molecule has 0 heterocycles. The van der Waals surface area contributed by atoms with Gasteiger partial charge in [-0.15, -0.1) is 0 Å². The molecule has 3 aromatic rings. The van der Waals surface area contributed by atoms with Gasteiger partial charge in [0.25, 0.3) is 5.84 Å². The summed E-state index contributed by atoms with van der Waals surface area (Å²) in [7, 11) is 0. The van der Waals surface area contributed by atoms with Crippen molar-refractivity contribution in [2.75, 3.05) is 0 Å². The van der Waals surface area contributed by atoms with E-state index < -0.39 is 0 Å². The molecule has 2 N–H and O–H groups in total. The predicted molar refractivity (Wildman–Crippen MR) is 131 cm³/mol. The fourth-order valence-electron chi connectivity index (χ4n) is 3.85. The summed E-state index contributed by atoms with van der Waals surface area (Å²) >= 11 is 0. The van der Waals surface area contributed by atoms with Gasteiger partial charge >= 0.3 is 0 Å². The number of benzene rings is 3. The Kier molecular flexibility index (Phi) is 5.90. The highest BCUT2D eigenvalue weighted by Gasteiger charge is 2.29. The van der Waals surface area contributed by atoms with Gasteiger partial charge in [-0.25, -0.2) is 0 Å². The van der Waals surface area contributed by atoms with Gasteiger partial charge in [-0.2, -0.15) is 4.58 Å². The van der Waals surface area contributed by atoms with Crippen molar-refractivity contribution in [3.63, 3.8) is 0 Å². The van der Waals surface area contributed by atoms with Crippen LogP contribution in [0.3, 0.4) is 0 Å². The maximum atomic E-state index is 6.92. The molecule has 2 heteroatoms. The predicted octanol–water partition coefficient (Wildman–Crippen LogP) is 6.83. The van der Waals surface area contributed by atoms with E-state index >= 15 is 0 Å². The molecular formula is C28H35N2+. The van der Waals surface area contributed by atoms with E-state index in [1.807, 2.05) is 0 Å². The van der Waals surface area contributed by atoms with E-state index in [4.69, 9.17) is 5.73 Å². The van der Waals surface area contributed by atoms with Crippen LogP contribution < -0.4 is 10.3 Å². The number of amidine groups is 1. The van der Waals surface area contributed by atoms with Gasteiger partial charge in [0.05, 0.1) is 5.56 Å². The Morgan fingerprint density at radius 3 is 1.43 bits per heavy atom. The summed E-state index contributed by atoms with van der Waals surface area (Å²) in [6.45, 7) is 15.6. The van der Waals surface area contributed by atoms with Gasteiger partial charge in [-0.3, -0.25) is 5.73 Å². The second kappa shape index (κ2) is 8.10. The lowest BCUT2D eigenvalue weighted by Gasteiger charge is -2.26. The van der Waals surface area contributed by atoms with Crippen molar-refractivity contribution >= 4 is 17.2 Å². The van der Waals surface area contributed by atoms with Crippen LogP contribution in [0.4, 0.5) is 11.4 Å². The highest BCUT2D eigenvalue weighted by Crippen LogP contribution is 2.38. The van der Waals surface area contributed by atoms with Gasteiger partial charge < -0.3 is 0 Å². The lowest BCUT2D eigenvalue weighted by atomic mass is 9.84. The average molecular weight is 400 g/mol. The number of aryl methyl sites for hydroxylation is 1. The first-order valence-corrected chi connectivity index (χ1v) is 10.7. The minimum Gasteiger partial charge on any atom is -0.286 e. The Morgan fingerprint density at radius 1 is 0.633 bits per heavy atom. The summed E-state index contributed by atoms with van der Waals surface area (Å²) in [5.74, 6) is 0.739. The van der Waals surface area contributed by atoms with Crippen LogP contribution in [0.15, 0.2) is 72.8 Å². The number of rotatable bonds is 3. The van der Waals surface area contributed by atoms with Crippen molar-refractivity contribution in [3.8, 4) is 0 Å². The molecule has 3 rings (SSSR count).